The maximum atomic E-state index is 12.5. The molecule has 1 aliphatic heterocycles. The maximum Gasteiger partial charge on any atom is 0.414 e. The highest BCUT2D eigenvalue weighted by Gasteiger charge is 2.34. The summed E-state index contributed by atoms with van der Waals surface area (Å²) in [5.74, 6) is -0.545. The second kappa shape index (κ2) is 6.07. The third-order valence-corrected chi connectivity index (χ3v) is 3.96. The second-order valence-corrected chi connectivity index (χ2v) is 6.98. The lowest BCUT2D eigenvalue weighted by atomic mass is 10.1. The predicted molar refractivity (Wildman–Crippen MR) is 92.3 cm³/mol. The van der Waals surface area contributed by atoms with Crippen LogP contribution in [0.1, 0.15) is 37.0 Å². The van der Waals surface area contributed by atoms with Crippen molar-refractivity contribution in [3.05, 3.63) is 40.9 Å². The molecule has 0 fully saturated rings. The van der Waals surface area contributed by atoms with Crippen molar-refractivity contribution in [2.24, 2.45) is 0 Å². The second-order valence-electron chi connectivity index (χ2n) is 6.58. The molecule has 0 radical (unpaired) electrons. The fraction of sp³-hybridized carbons (Fsp3) is 0.353. The SMILES string of the molecule is COC(=O)N1Cc2c(C(=O)OC(C)(C)C)ncn2-c2cccc(Cl)c21. The van der Waals surface area contributed by atoms with Gasteiger partial charge in [0.2, 0.25) is 0 Å². The summed E-state index contributed by atoms with van der Waals surface area (Å²) in [4.78, 5) is 30.3. The number of esters is 1. The Hall–Kier alpha value is -2.54. The fourth-order valence-corrected chi connectivity index (χ4v) is 2.96. The number of imidazole rings is 1. The van der Waals surface area contributed by atoms with E-state index in [0.29, 0.717) is 22.1 Å². The molecule has 25 heavy (non-hydrogen) atoms. The van der Waals surface area contributed by atoms with E-state index in [0.717, 1.165) is 0 Å². The summed E-state index contributed by atoms with van der Waals surface area (Å²) in [7, 11) is 1.29. The number of benzene rings is 1. The normalized spacial score (nSPS) is 13.1. The van der Waals surface area contributed by atoms with Gasteiger partial charge in [-0.1, -0.05) is 17.7 Å². The number of carbonyl (C=O) groups excluding carboxylic acids is 2. The number of nitrogens with zero attached hydrogens (tertiary/aromatic N) is 3. The predicted octanol–water partition coefficient (Wildman–Crippen LogP) is 3.57. The van der Waals surface area contributed by atoms with E-state index in [4.69, 9.17) is 21.1 Å². The minimum atomic E-state index is -0.647. The highest BCUT2D eigenvalue weighted by molar-refractivity contribution is 6.34. The van der Waals surface area contributed by atoms with E-state index >= 15 is 0 Å². The number of fused-ring (bicyclic) bond motifs is 3. The van der Waals surface area contributed by atoms with E-state index < -0.39 is 17.7 Å². The number of methoxy groups -OCH3 is 1. The lowest BCUT2D eigenvalue weighted by Gasteiger charge is -2.30. The summed E-state index contributed by atoms with van der Waals surface area (Å²) >= 11 is 6.29. The van der Waals surface area contributed by atoms with Crippen molar-refractivity contribution in [3.63, 3.8) is 0 Å². The molecule has 7 nitrogen and oxygen atoms in total. The summed E-state index contributed by atoms with van der Waals surface area (Å²) in [6.45, 7) is 5.44. The average molecular weight is 364 g/mol. The van der Waals surface area contributed by atoms with Crippen LogP contribution < -0.4 is 4.90 Å². The van der Waals surface area contributed by atoms with Gasteiger partial charge >= 0.3 is 12.1 Å². The topological polar surface area (TPSA) is 73.7 Å². The Kier molecular flexibility index (Phi) is 4.20. The van der Waals surface area contributed by atoms with Crippen molar-refractivity contribution in [2.75, 3.05) is 12.0 Å². The molecule has 0 unspecified atom stereocenters. The highest BCUT2D eigenvalue weighted by Crippen LogP contribution is 2.39. The molecule has 2 aromatic rings. The summed E-state index contributed by atoms with van der Waals surface area (Å²) in [5, 5.41) is 0.404. The maximum absolute atomic E-state index is 12.5. The van der Waals surface area contributed by atoms with E-state index in [1.165, 1.54) is 18.3 Å². The van der Waals surface area contributed by atoms with Crippen molar-refractivity contribution in [3.8, 4) is 5.69 Å². The van der Waals surface area contributed by atoms with Gasteiger partial charge in [0.25, 0.3) is 0 Å². The van der Waals surface area contributed by atoms with Gasteiger partial charge in [-0.2, -0.15) is 0 Å². The van der Waals surface area contributed by atoms with E-state index in [9.17, 15) is 9.59 Å². The van der Waals surface area contributed by atoms with E-state index in [1.54, 1.807) is 43.5 Å². The monoisotopic (exact) mass is 363 g/mol. The van der Waals surface area contributed by atoms with E-state index in [1.807, 2.05) is 0 Å². The van der Waals surface area contributed by atoms with Crippen LogP contribution in [-0.2, 0) is 16.0 Å². The van der Waals surface area contributed by atoms with Crippen molar-refractivity contribution in [2.45, 2.75) is 32.9 Å². The molecule has 1 aliphatic rings. The zero-order chi connectivity index (χ0) is 18.4. The first-order chi connectivity index (χ1) is 11.7. The van der Waals surface area contributed by atoms with Crippen LogP contribution in [0.4, 0.5) is 10.5 Å². The van der Waals surface area contributed by atoms with Crippen LogP contribution in [0.15, 0.2) is 24.5 Å². The molecule has 0 bridgehead atoms. The van der Waals surface area contributed by atoms with Gasteiger partial charge in [0.15, 0.2) is 5.69 Å². The third kappa shape index (κ3) is 3.07. The molecule has 0 saturated carbocycles. The minimum Gasteiger partial charge on any atom is -0.455 e. The zero-order valence-corrected chi connectivity index (χ0v) is 15.1. The Bertz CT molecular complexity index is 854. The van der Waals surface area contributed by atoms with Crippen molar-refractivity contribution < 1.29 is 19.1 Å². The van der Waals surface area contributed by atoms with Gasteiger partial charge in [0, 0.05) is 0 Å². The fourth-order valence-electron chi connectivity index (χ4n) is 2.69. The van der Waals surface area contributed by atoms with Gasteiger partial charge in [-0.05, 0) is 32.9 Å². The standard InChI is InChI=1S/C17H18ClN3O4/c1-17(2,3)25-15(22)13-12-8-20(16(23)24-4)14-10(18)6-5-7-11(14)21(12)9-19-13/h5-7,9H,8H2,1-4H3. The highest BCUT2D eigenvalue weighted by atomic mass is 35.5. The van der Waals surface area contributed by atoms with Crippen LogP contribution in [0.3, 0.4) is 0 Å². The Labute approximate surface area is 150 Å². The molecule has 0 atom stereocenters. The van der Waals surface area contributed by atoms with Crippen LogP contribution >= 0.6 is 11.6 Å². The molecule has 0 N–H and O–H groups in total. The number of para-hydroxylation sites is 1. The lowest BCUT2D eigenvalue weighted by Crippen LogP contribution is -2.36. The van der Waals surface area contributed by atoms with E-state index in [-0.39, 0.29) is 12.2 Å². The number of amides is 1. The van der Waals surface area contributed by atoms with Gasteiger partial charge in [-0.25, -0.2) is 14.6 Å². The summed E-state index contributed by atoms with van der Waals surface area (Å²) in [5.41, 5.74) is 1.20. The first kappa shape index (κ1) is 17.3. The number of rotatable bonds is 1. The molecule has 2 heterocycles. The van der Waals surface area contributed by atoms with Gasteiger partial charge in [0.05, 0.1) is 35.7 Å². The Balaban J connectivity index is 2.12. The Morgan fingerprint density at radius 2 is 2.00 bits per heavy atom. The number of carbonyl (C=O) groups is 2. The number of halogens is 1. The van der Waals surface area contributed by atoms with Gasteiger partial charge in [0.1, 0.15) is 11.9 Å². The summed E-state index contributed by atoms with van der Waals surface area (Å²) in [6, 6.07) is 5.24. The molecular formula is C17H18ClN3O4. The molecular weight excluding hydrogens is 346 g/mol. The molecule has 132 valence electrons. The number of aromatic nitrogens is 2. The number of hydrogen-bond acceptors (Lipinski definition) is 5. The molecule has 1 amide bonds. The first-order valence-electron chi connectivity index (χ1n) is 7.67. The third-order valence-electron chi connectivity index (χ3n) is 3.66. The van der Waals surface area contributed by atoms with Gasteiger partial charge in [-0.15, -0.1) is 0 Å². The first-order valence-corrected chi connectivity index (χ1v) is 8.04. The number of ether oxygens (including phenoxy) is 2. The van der Waals surface area contributed by atoms with Crippen LogP contribution in [0.2, 0.25) is 5.02 Å². The van der Waals surface area contributed by atoms with Crippen LogP contribution in [0.5, 0.6) is 0 Å². The van der Waals surface area contributed by atoms with Crippen LogP contribution in [0.25, 0.3) is 5.69 Å². The quantitative estimate of drug-likeness (QED) is 0.724. The largest absolute Gasteiger partial charge is 0.455 e. The van der Waals surface area contributed by atoms with E-state index in [2.05, 4.69) is 4.98 Å². The van der Waals surface area contributed by atoms with Crippen LogP contribution in [0, 0.1) is 0 Å². The number of hydrogen-bond donors (Lipinski definition) is 0. The molecule has 0 saturated heterocycles. The molecule has 0 spiro atoms. The Morgan fingerprint density at radius 1 is 1.28 bits per heavy atom. The zero-order valence-electron chi connectivity index (χ0n) is 14.4. The average Bonchev–Trinajstić information content (AvgIpc) is 2.96. The molecule has 1 aromatic heterocycles. The van der Waals surface area contributed by atoms with Crippen LogP contribution in [-0.4, -0.2) is 34.3 Å². The molecule has 3 rings (SSSR count). The Morgan fingerprint density at radius 3 is 2.64 bits per heavy atom. The molecule has 1 aromatic carbocycles. The van der Waals surface area contributed by atoms with Crippen molar-refractivity contribution in [1.29, 1.82) is 0 Å². The minimum absolute atomic E-state index is 0.0952. The summed E-state index contributed by atoms with van der Waals surface area (Å²) in [6.07, 6.45) is 0.954. The van der Waals surface area contributed by atoms with Crippen molar-refractivity contribution >= 4 is 29.4 Å². The molecule has 8 heteroatoms. The molecule has 0 aliphatic carbocycles. The number of anilines is 1. The lowest BCUT2D eigenvalue weighted by molar-refractivity contribution is 0.00618. The van der Waals surface area contributed by atoms with Gasteiger partial charge in [-0.3, -0.25) is 9.47 Å². The summed E-state index contributed by atoms with van der Waals surface area (Å²) < 4.78 is 12.0. The smallest absolute Gasteiger partial charge is 0.414 e. The van der Waals surface area contributed by atoms with Gasteiger partial charge < -0.3 is 9.47 Å². The van der Waals surface area contributed by atoms with Crippen molar-refractivity contribution in [1.82, 2.24) is 9.55 Å².